The van der Waals surface area contributed by atoms with Gasteiger partial charge in [-0.2, -0.15) is 0 Å². The standard InChI is InChI=1S/C27H30ClN3O2/c1-16(2)20-13-19(14-23(28)27(20)33)18-8-9-24-21(12-18)25(29-10-5-11-31(3)4)22(15-30-24)26(32)17-6-7-17/h8-9,12-15,17,33H,1,5-7,10-11H2,2-4H3,(H,29,30). The molecule has 0 aliphatic heterocycles. The van der Waals surface area contributed by atoms with Crippen molar-refractivity contribution in [3.05, 3.63) is 59.3 Å². The lowest BCUT2D eigenvalue weighted by molar-refractivity contribution is 0.0968. The maximum absolute atomic E-state index is 13.0. The molecule has 2 N–H and O–H groups in total. The lowest BCUT2D eigenvalue weighted by atomic mass is 9.96. The number of phenolic OH excluding ortho intramolecular Hbond substituents is 1. The van der Waals surface area contributed by atoms with Crippen LogP contribution in [-0.4, -0.2) is 48.0 Å². The summed E-state index contributed by atoms with van der Waals surface area (Å²) in [7, 11) is 4.11. The summed E-state index contributed by atoms with van der Waals surface area (Å²) in [6.45, 7) is 7.51. The number of aromatic nitrogens is 1. The molecule has 1 fully saturated rings. The van der Waals surface area contributed by atoms with E-state index in [2.05, 4.69) is 35.9 Å². The Bertz CT molecular complexity index is 1230. The average molecular weight is 464 g/mol. The number of benzene rings is 2. The molecule has 1 aromatic heterocycles. The molecule has 0 amide bonds. The zero-order valence-electron chi connectivity index (χ0n) is 19.4. The van der Waals surface area contributed by atoms with E-state index in [4.69, 9.17) is 11.6 Å². The average Bonchev–Trinajstić information content (AvgIpc) is 3.62. The molecule has 0 unspecified atom stereocenters. The fourth-order valence-electron chi connectivity index (χ4n) is 4.01. The first-order chi connectivity index (χ1) is 15.8. The van der Waals surface area contributed by atoms with Crippen LogP contribution in [0.4, 0.5) is 5.69 Å². The maximum atomic E-state index is 13.0. The molecule has 3 aromatic rings. The molecule has 6 heteroatoms. The molecular weight excluding hydrogens is 434 g/mol. The van der Waals surface area contributed by atoms with Gasteiger partial charge >= 0.3 is 0 Å². The zero-order chi connectivity index (χ0) is 23.7. The van der Waals surface area contributed by atoms with Crippen LogP contribution in [0.3, 0.4) is 0 Å². The summed E-state index contributed by atoms with van der Waals surface area (Å²) in [6.07, 6.45) is 4.58. The van der Waals surface area contributed by atoms with Crippen LogP contribution in [-0.2, 0) is 0 Å². The van der Waals surface area contributed by atoms with Crippen molar-refractivity contribution in [2.24, 2.45) is 5.92 Å². The third-order valence-corrected chi connectivity index (χ3v) is 6.31. The van der Waals surface area contributed by atoms with Crippen LogP contribution in [0.5, 0.6) is 5.75 Å². The van der Waals surface area contributed by atoms with Crippen molar-refractivity contribution in [3.63, 3.8) is 0 Å². The number of anilines is 1. The first-order valence-electron chi connectivity index (χ1n) is 11.3. The second kappa shape index (κ2) is 9.54. The summed E-state index contributed by atoms with van der Waals surface area (Å²) in [6, 6.07) is 9.63. The van der Waals surface area contributed by atoms with E-state index in [0.717, 1.165) is 65.6 Å². The van der Waals surface area contributed by atoms with E-state index in [1.54, 1.807) is 12.3 Å². The van der Waals surface area contributed by atoms with Crippen molar-refractivity contribution in [1.29, 1.82) is 0 Å². The Morgan fingerprint density at radius 2 is 1.97 bits per heavy atom. The first-order valence-corrected chi connectivity index (χ1v) is 11.7. The van der Waals surface area contributed by atoms with Gasteiger partial charge in [0, 0.05) is 29.6 Å². The molecule has 0 saturated heterocycles. The minimum absolute atomic E-state index is 0.0379. The number of phenols is 1. The van der Waals surface area contributed by atoms with Crippen molar-refractivity contribution >= 4 is 39.5 Å². The summed E-state index contributed by atoms with van der Waals surface area (Å²) >= 11 is 6.32. The van der Waals surface area contributed by atoms with Crippen molar-refractivity contribution in [1.82, 2.24) is 9.88 Å². The van der Waals surface area contributed by atoms with Gasteiger partial charge < -0.3 is 15.3 Å². The predicted octanol–water partition coefficient (Wildman–Crippen LogP) is 6.25. The summed E-state index contributed by atoms with van der Waals surface area (Å²) in [5.41, 5.74) is 5.50. The van der Waals surface area contributed by atoms with E-state index in [-0.39, 0.29) is 22.5 Å². The number of allylic oxidation sites excluding steroid dienone is 1. The molecular formula is C27H30ClN3O2. The predicted molar refractivity (Wildman–Crippen MR) is 137 cm³/mol. The Morgan fingerprint density at radius 1 is 1.21 bits per heavy atom. The molecule has 1 saturated carbocycles. The Hall–Kier alpha value is -2.89. The Balaban J connectivity index is 1.80. The summed E-state index contributed by atoms with van der Waals surface area (Å²) in [4.78, 5) is 19.8. The van der Waals surface area contributed by atoms with Gasteiger partial charge in [-0.1, -0.05) is 24.2 Å². The molecule has 33 heavy (non-hydrogen) atoms. The minimum Gasteiger partial charge on any atom is -0.506 e. The summed E-state index contributed by atoms with van der Waals surface area (Å²) < 4.78 is 0. The molecule has 1 aliphatic rings. The number of carbonyl (C=O) groups is 1. The van der Waals surface area contributed by atoms with Crippen LogP contribution in [0.1, 0.15) is 42.1 Å². The molecule has 1 heterocycles. The quantitative estimate of drug-likeness (QED) is 0.290. The first kappa shape index (κ1) is 23.3. The summed E-state index contributed by atoms with van der Waals surface area (Å²) in [5, 5.41) is 15.0. The third kappa shape index (κ3) is 5.05. The number of fused-ring (bicyclic) bond motifs is 1. The van der Waals surface area contributed by atoms with Gasteiger partial charge in [0.15, 0.2) is 5.78 Å². The SMILES string of the molecule is C=C(C)c1cc(-c2ccc3ncc(C(=O)C4CC4)c(NCCCN(C)C)c3c2)cc(Cl)c1O. The van der Waals surface area contributed by atoms with Crippen LogP contribution in [0.25, 0.3) is 27.6 Å². The van der Waals surface area contributed by atoms with Crippen LogP contribution in [0.15, 0.2) is 43.1 Å². The lowest BCUT2D eigenvalue weighted by Gasteiger charge is -2.16. The molecule has 172 valence electrons. The van der Waals surface area contributed by atoms with Crippen LogP contribution in [0.2, 0.25) is 5.02 Å². The molecule has 0 atom stereocenters. The van der Waals surface area contributed by atoms with Gasteiger partial charge in [-0.3, -0.25) is 9.78 Å². The van der Waals surface area contributed by atoms with Crippen LogP contribution in [0, 0.1) is 5.92 Å². The van der Waals surface area contributed by atoms with Crippen molar-refractivity contribution in [2.45, 2.75) is 26.2 Å². The van der Waals surface area contributed by atoms with Gasteiger partial charge in [-0.25, -0.2) is 0 Å². The number of nitrogens with one attached hydrogen (secondary N) is 1. The van der Waals surface area contributed by atoms with Crippen LogP contribution >= 0.6 is 11.6 Å². The topological polar surface area (TPSA) is 65.5 Å². The highest BCUT2D eigenvalue weighted by Crippen LogP contribution is 2.39. The zero-order valence-corrected chi connectivity index (χ0v) is 20.2. The van der Waals surface area contributed by atoms with Crippen molar-refractivity contribution in [3.8, 4) is 16.9 Å². The van der Waals surface area contributed by atoms with E-state index < -0.39 is 0 Å². The van der Waals surface area contributed by atoms with Gasteiger partial charge in [0.25, 0.3) is 0 Å². The Morgan fingerprint density at radius 3 is 2.64 bits per heavy atom. The number of pyridine rings is 1. The molecule has 1 aliphatic carbocycles. The third-order valence-electron chi connectivity index (χ3n) is 6.02. The molecule has 4 rings (SSSR count). The van der Waals surface area contributed by atoms with Gasteiger partial charge in [0.1, 0.15) is 5.75 Å². The van der Waals surface area contributed by atoms with Gasteiger partial charge in [0.05, 0.1) is 21.8 Å². The normalized spacial score (nSPS) is 13.5. The Labute approximate surface area is 200 Å². The number of ketones is 1. The molecule has 0 radical (unpaired) electrons. The number of aromatic hydroxyl groups is 1. The van der Waals surface area contributed by atoms with Gasteiger partial charge in [-0.15, -0.1) is 0 Å². The number of carbonyl (C=O) groups excluding carboxylic acids is 1. The van der Waals surface area contributed by atoms with Crippen LogP contribution < -0.4 is 5.32 Å². The van der Waals surface area contributed by atoms with Gasteiger partial charge in [-0.05, 0) is 87.8 Å². The fraction of sp³-hybridized carbons (Fsp3) is 0.333. The molecule has 2 aromatic carbocycles. The molecule has 5 nitrogen and oxygen atoms in total. The lowest BCUT2D eigenvalue weighted by Crippen LogP contribution is -2.17. The largest absolute Gasteiger partial charge is 0.506 e. The summed E-state index contributed by atoms with van der Waals surface area (Å²) in [5.74, 6) is 0.321. The monoisotopic (exact) mass is 463 g/mol. The maximum Gasteiger partial charge on any atom is 0.169 e. The van der Waals surface area contributed by atoms with E-state index in [1.165, 1.54) is 0 Å². The minimum atomic E-state index is 0.0379. The number of halogens is 1. The van der Waals surface area contributed by atoms with Crippen molar-refractivity contribution < 1.29 is 9.90 Å². The highest BCUT2D eigenvalue weighted by atomic mass is 35.5. The molecule has 0 bridgehead atoms. The van der Waals surface area contributed by atoms with Gasteiger partial charge in [0.2, 0.25) is 0 Å². The second-order valence-corrected chi connectivity index (χ2v) is 9.54. The highest BCUT2D eigenvalue weighted by Gasteiger charge is 2.32. The number of hydrogen-bond donors (Lipinski definition) is 2. The van der Waals surface area contributed by atoms with E-state index in [0.29, 0.717) is 11.1 Å². The smallest absolute Gasteiger partial charge is 0.169 e. The van der Waals surface area contributed by atoms with E-state index in [9.17, 15) is 9.90 Å². The Kier molecular flexibility index (Phi) is 6.73. The number of nitrogens with zero attached hydrogens (tertiary/aromatic N) is 2. The fourth-order valence-corrected chi connectivity index (χ4v) is 4.23. The van der Waals surface area contributed by atoms with E-state index >= 15 is 0 Å². The number of Topliss-reactive ketones (excluding diaryl/α,β-unsaturated/α-hetero) is 1. The van der Waals surface area contributed by atoms with Crippen molar-refractivity contribution in [2.75, 3.05) is 32.5 Å². The number of rotatable bonds is 9. The highest BCUT2D eigenvalue weighted by molar-refractivity contribution is 6.32. The molecule has 0 spiro atoms. The number of hydrogen-bond acceptors (Lipinski definition) is 5. The second-order valence-electron chi connectivity index (χ2n) is 9.14. The van der Waals surface area contributed by atoms with E-state index in [1.807, 2.05) is 31.2 Å².